The van der Waals surface area contributed by atoms with E-state index in [0.717, 1.165) is 53.1 Å². The summed E-state index contributed by atoms with van der Waals surface area (Å²) in [6.07, 6.45) is 5.13. The molecule has 0 unspecified atom stereocenters. The predicted octanol–water partition coefficient (Wildman–Crippen LogP) is 6.02. The van der Waals surface area contributed by atoms with Gasteiger partial charge >= 0.3 is 0 Å². The highest BCUT2D eigenvalue weighted by molar-refractivity contribution is 7.92. The van der Waals surface area contributed by atoms with Crippen molar-refractivity contribution in [2.45, 2.75) is 76.4 Å². The van der Waals surface area contributed by atoms with Crippen LogP contribution in [0.2, 0.25) is 5.02 Å². The number of amides is 2. The highest BCUT2D eigenvalue weighted by atomic mass is 35.5. The van der Waals surface area contributed by atoms with Crippen molar-refractivity contribution in [2.75, 3.05) is 10.8 Å². The Morgan fingerprint density at radius 2 is 1.63 bits per heavy atom. The molecule has 1 N–H and O–H groups in total. The molecule has 4 rings (SSSR count). The minimum atomic E-state index is -4.14. The molecule has 0 spiro atoms. The summed E-state index contributed by atoms with van der Waals surface area (Å²) in [5, 5.41) is 3.47. The van der Waals surface area contributed by atoms with E-state index in [1.54, 1.807) is 37.3 Å². The summed E-state index contributed by atoms with van der Waals surface area (Å²) in [6, 6.07) is 19.8. The summed E-state index contributed by atoms with van der Waals surface area (Å²) >= 11 is 6.24. The Morgan fingerprint density at radius 3 is 2.29 bits per heavy atom. The van der Waals surface area contributed by atoms with Gasteiger partial charge in [-0.2, -0.15) is 0 Å². The second kappa shape index (κ2) is 13.5. The zero-order valence-electron chi connectivity index (χ0n) is 23.8. The van der Waals surface area contributed by atoms with Crippen LogP contribution in [0.1, 0.15) is 55.7 Å². The monoisotopic (exact) mass is 595 g/mol. The molecular weight excluding hydrogens is 558 g/mol. The van der Waals surface area contributed by atoms with E-state index in [9.17, 15) is 18.0 Å². The van der Waals surface area contributed by atoms with E-state index in [1.165, 1.54) is 23.1 Å². The van der Waals surface area contributed by atoms with Crippen molar-refractivity contribution in [2.24, 2.45) is 0 Å². The molecule has 1 aliphatic rings. The van der Waals surface area contributed by atoms with Gasteiger partial charge in [0.05, 0.1) is 10.6 Å². The Labute approximate surface area is 248 Å². The summed E-state index contributed by atoms with van der Waals surface area (Å²) in [6.45, 7) is 5.19. The molecule has 0 aliphatic heterocycles. The minimum Gasteiger partial charge on any atom is -0.352 e. The Kier molecular flexibility index (Phi) is 10.1. The van der Waals surface area contributed by atoms with Crippen molar-refractivity contribution in [1.82, 2.24) is 10.2 Å². The van der Waals surface area contributed by atoms with Crippen molar-refractivity contribution in [3.05, 3.63) is 94.5 Å². The molecular formula is C32H38ClN3O4S. The van der Waals surface area contributed by atoms with Crippen LogP contribution >= 0.6 is 11.6 Å². The molecule has 1 aliphatic carbocycles. The maximum Gasteiger partial charge on any atom is 0.264 e. The number of carbonyl (C=O) groups excluding carboxylic acids is 2. The van der Waals surface area contributed by atoms with Gasteiger partial charge in [0.25, 0.3) is 10.0 Å². The lowest BCUT2D eigenvalue weighted by molar-refractivity contribution is -0.139. The molecule has 7 nitrogen and oxygen atoms in total. The quantitative estimate of drug-likeness (QED) is 0.311. The first-order valence-electron chi connectivity index (χ1n) is 14.1. The van der Waals surface area contributed by atoms with Crippen LogP contribution in [-0.2, 0) is 26.2 Å². The number of sulfonamides is 1. The number of halogens is 1. The number of rotatable bonds is 10. The highest BCUT2D eigenvalue weighted by Crippen LogP contribution is 2.27. The third-order valence-corrected chi connectivity index (χ3v) is 9.73. The number of aryl methyl sites for hydroxylation is 2. The first-order chi connectivity index (χ1) is 19.6. The van der Waals surface area contributed by atoms with Gasteiger partial charge in [0, 0.05) is 17.6 Å². The van der Waals surface area contributed by atoms with Gasteiger partial charge < -0.3 is 10.2 Å². The van der Waals surface area contributed by atoms with Crippen LogP contribution in [0, 0.1) is 13.8 Å². The topological polar surface area (TPSA) is 86.8 Å². The average molecular weight is 596 g/mol. The number of carbonyl (C=O) groups is 2. The van der Waals surface area contributed by atoms with Gasteiger partial charge in [-0.1, -0.05) is 78.9 Å². The second-order valence-electron chi connectivity index (χ2n) is 10.8. The Morgan fingerprint density at radius 1 is 0.951 bits per heavy atom. The number of hydrogen-bond acceptors (Lipinski definition) is 4. The molecule has 1 atom stereocenters. The van der Waals surface area contributed by atoms with E-state index in [1.807, 2.05) is 38.1 Å². The van der Waals surface area contributed by atoms with Gasteiger partial charge in [0.1, 0.15) is 12.6 Å². The highest BCUT2D eigenvalue weighted by Gasteiger charge is 2.33. The maximum atomic E-state index is 14.1. The van der Waals surface area contributed by atoms with Crippen molar-refractivity contribution in [3.63, 3.8) is 0 Å². The second-order valence-corrected chi connectivity index (χ2v) is 13.1. The Hall–Kier alpha value is -3.36. The molecule has 1 saturated carbocycles. The molecule has 0 bridgehead atoms. The van der Waals surface area contributed by atoms with Crippen molar-refractivity contribution < 1.29 is 18.0 Å². The van der Waals surface area contributed by atoms with Crippen LogP contribution in [0.25, 0.3) is 0 Å². The van der Waals surface area contributed by atoms with Crippen molar-refractivity contribution in [1.29, 1.82) is 0 Å². The molecule has 0 heterocycles. The molecule has 3 aromatic carbocycles. The third-order valence-electron chi connectivity index (χ3n) is 7.70. The van der Waals surface area contributed by atoms with E-state index >= 15 is 0 Å². The first kappa shape index (κ1) is 30.6. The lowest BCUT2D eigenvalue weighted by Crippen LogP contribution is -2.53. The standard InChI is InChI=1S/C32H38ClN3O4S/c1-23-16-18-30(19-17-23)41(39,40)36(29-15-9-12-27(33)20-29)22-31(37)35(21-26-11-8-7-10-24(26)2)25(3)32(38)34-28-13-5-4-6-14-28/h7-12,15-20,25,28H,4-6,13-14,21-22H2,1-3H3,(H,34,38)/t25-/m0/s1. The molecule has 0 saturated heterocycles. The van der Waals surface area contributed by atoms with Crippen LogP contribution in [-0.4, -0.2) is 43.8 Å². The first-order valence-corrected chi connectivity index (χ1v) is 15.9. The number of anilines is 1. The van der Waals surface area contributed by atoms with Crippen LogP contribution in [0.3, 0.4) is 0 Å². The number of hydrogen-bond donors (Lipinski definition) is 1. The Bertz CT molecular complexity index is 1470. The Balaban J connectivity index is 1.68. The van der Waals surface area contributed by atoms with Gasteiger partial charge in [-0.3, -0.25) is 13.9 Å². The van der Waals surface area contributed by atoms with E-state index in [-0.39, 0.29) is 29.1 Å². The number of nitrogens with one attached hydrogen (secondary N) is 1. The summed E-state index contributed by atoms with van der Waals surface area (Å²) in [5.74, 6) is -0.732. The van der Waals surface area contributed by atoms with E-state index in [4.69, 9.17) is 11.6 Å². The summed E-state index contributed by atoms with van der Waals surface area (Å²) < 4.78 is 28.9. The molecule has 218 valence electrons. The summed E-state index contributed by atoms with van der Waals surface area (Å²) in [7, 11) is -4.14. The SMILES string of the molecule is Cc1ccc(S(=O)(=O)N(CC(=O)N(Cc2ccccc2C)[C@@H](C)C(=O)NC2CCCCC2)c2cccc(Cl)c2)cc1. The lowest BCUT2D eigenvalue weighted by Gasteiger charge is -2.33. The van der Waals surface area contributed by atoms with E-state index in [2.05, 4.69) is 5.32 Å². The predicted molar refractivity (Wildman–Crippen MR) is 163 cm³/mol. The molecule has 0 aromatic heterocycles. The largest absolute Gasteiger partial charge is 0.352 e. The zero-order valence-corrected chi connectivity index (χ0v) is 25.4. The van der Waals surface area contributed by atoms with Gasteiger partial charge in [-0.15, -0.1) is 0 Å². The molecule has 0 radical (unpaired) electrons. The molecule has 9 heteroatoms. The lowest BCUT2D eigenvalue weighted by atomic mass is 9.95. The molecule has 3 aromatic rings. The maximum absolute atomic E-state index is 14.1. The van der Waals surface area contributed by atoms with Crippen LogP contribution < -0.4 is 9.62 Å². The van der Waals surface area contributed by atoms with Gasteiger partial charge in [-0.05, 0) is 75.1 Å². The van der Waals surface area contributed by atoms with Gasteiger partial charge in [0.2, 0.25) is 11.8 Å². The average Bonchev–Trinajstić information content (AvgIpc) is 2.95. The molecule has 41 heavy (non-hydrogen) atoms. The smallest absolute Gasteiger partial charge is 0.264 e. The fourth-order valence-corrected chi connectivity index (χ4v) is 6.71. The fraction of sp³-hybridized carbons (Fsp3) is 0.375. The fourth-order valence-electron chi connectivity index (χ4n) is 5.12. The zero-order chi connectivity index (χ0) is 29.6. The van der Waals surface area contributed by atoms with Crippen molar-refractivity contribution >= 4 is 39.1 Å². The van der Waals surface area contributed by atoms with Crippen LogP contribution in [0.5, 0.6) is 0 Å². The molecule has 1 fully saturated rings. The van der Waals surface area contributed by atoms with E-state index in [0.29, 0.717) is 5.02 Å². The number of benzene rings is 3. The van der Waals surface area contributed by atoms with Crippen LogP contribution in [0.4, 0.5) is 5.69 Å². The normalized spacial score (nSPS) is 14.7. The van der Waals surface area contributed by atoms with Gasteiger partial charge in [-0.25, -0.2) is 8.42 Å². The van der Waals surface area contributed by atoms with Gasteiger partial charge in [0.15, 0.2) is 0 Å². The minimum absolute atomic E-state index is 0.0596. The summed E-state index contributed by atoms with van der Waals surface area (Å²) in [4.78, 5) is 29.1. The van der Waals surface area contributed by atoms with Crippen molar-refractivity contribution in [3.8, 4) is 0 Å². The van der Waals surface area contributed by atoms with Crippen LogP contribution in [0.15, 0.2) is 77.7 Å². The summed E-state index contributed by atoms with van der Waals surface area (Å²) in [5.41, 5.74) is 3.04. The third kappa shape index (κ3) is 7.68. The molecule has 2 amide bonds. The number of nitrogens with zero attached hydrogens (tertiary/aromatic N) is 2. The van der Waals surface area contributed by atoms with E-state index < -0.39 is 28.5 Å².